The van der Waals surface area contributed by atoms with Gasteiger partial charge in [0.1, 0.15) is 0 Å². The zero-order chi connectivity index (χ0) is 18.2. The van der Waals surface area contributed by atoms with Crippen LogP contribution in [0, 0.1) is 0 Å². The Bertz CT molecular complexity index is 932. The fraction of sp³-hybridized carbons (Fsp3) is 0.158. The third-order valence-corrected chi connectivity index (χ3v) is 5.51. The molecule has 3 aromatic rings. The molecule has 0 aliphatic carbocycles. The molecular weight excluding hydrogens is 348 g/mol. The summed E-state index contributed by atoms with van der Waals surface area (Å²) in [4.78, 5) is 8.78. The molecule has 2 aromatic carbocycles. The summed E-state index contributed by atoms with van der Waals surface area (Å²) in [5, 5.41) is 6.38. The van der Waals surface area contributed by atoms with E-state index in [1.54, 1.807) is 67.0 Å². The maximum absolute atomic E-state index is 12.7. The summed E-state index contributed by atoms with van der Waals surface area (Å²) in [7, 11) is -3.49. The molecule has 1 heterocycles. The maximum atomic E-state index is 12.7. The van der Waals surface area contributed by atoms with Crippen LogP contribution in [0.4, 0.5) is 5.95 Å². The zero-order valence-electron chi connectivity index (χ0n) is 14.2. The zero-order valence-corrected chi connectivity index (χ0v) is 15.0. The van der Waals surface area contributed by atoms with Crippen molar-refractivity contribution in [2.24, 2.45) is 0 Å². The molecule has 0 amide bonds. The van der Waals surface area contributed by atoms with Crippen molar-refractivity contribution in [2.45, 2.75) is 16.3 Å². The van der Waals surface area contributed by atoms with Gasteiger partial charge in [0.05, 0.1) is 9.79 Å². The second-order valence-corrected chi connectivity index (χ2v) is 7.59. The van der Waals surface area contributed by atoms with Crippen LogP contribution in [0.15, 0.2) is 82.8 Å². The minimum Gasteiger partial charge on any atom is -0.353 e. The smallest absolute Gasteiger partial charge is 0.222 e. The first kappa shape index (κ1) is 18.0. The Kier molecular flexibility index (Phi) is 5.93. The molecule has 0 radical (unpaired) electrons. The number of sulfone groups is 1. The molecular formula is C19H20N4O2S. The molecule has 1 aromatic heterocycles. The first-order valence-electron chi connectivity index (χ1n) is 8.27. The molecule has 0 saturated carbocycles. The molecule has 0 spiro atoms. The number of anilines is 1. The van der Waals surface area contributed by atoms with Crippen LogP contribution in [-0.2, 0) is 16.4 Å². The quantitative estimate of drug-likeness (QED) is 0.595. The number of rotatable bonds is 8. The summed E-state index contributed by atoms with van der Waals surface area (Å²) in [6.45, 7) is 1.95. The number of aromatic nitrogens is 2. The summed E-state index contributed by atoms with van der Waals surface area (Å²) in [5.74, 6) is 0.588. The molecule has 0 bridgehead atoms. The summed E-state index contributed by atoms with van der Waals surface area (Å²) >= 11 is 0. The van der Waals surface area contributed by atoms with Crippen LogP contribution < -0.4 is 10.6 Å². The van der Waals surface area contributed by atoms with Gasteiger partial charge in [-0.05, 0) is 35.9 Å². The van der Waals surface area contributed by atoms with Crippen molar-refractivity contribution >= 4 is 15.8 Å². The predicted octanol–water partition coefficient (Wildman–Crippen LogP) is 2.51. The SMILES string of the molecule is O=S(=O)(c1ccccc1)c1cccc(CNCCNc2ncccn2)c1. The Morgan fingerprint density at radius 3 is 2.31 bits per heavy atom. The van der Waals surface area contributed by atoms with Crippen molar-refractivity contribution in [3.63, 3.8) is 0 Å². The van der Waals surface area contributed by atoms with Gasteiger partial charge in [-0.25, -0.2) is 18.4 Å². The second-order valence-electron chi connectivity index (χ2n) is 5.64. The van der Waals surface area contributed by atoms with E-state index >= 15 is 0 Å². The Balaban J connectivity index is 1.56. The van der Waals surface area contributed by atoms with E-state index < -0.39 is 9.84 Å². The minimum absolute atomic E-state index is 0.303. The summed E-state index contributed by atoms with van der Waals surface area (Å²) < 4.78 is 25.3. The standard InChI is InChI=1S/C19H20N4O2S/c24-26(25,17-7-2-1-3-8-17)18-9-4-6-16(14-18)15-20-12-13-23-19-21-10-5-11-22-19/h1-11,14,20H,12-13,15H2,(H,21,22,23). The van der Waals surface area contributed by atoms with Gasteiger partial charge in [-0.1, -0.05) is 30.3 Å². The van der Waals surface area contributed by atoms with Crippen LogP contribution >= 0.6 is 0 Å². The molecule has 0 atom stereocenters. The van der Waals surface area contributed by atoms with Gasteiger partial charge in [0.25, 0.3) is 0 Å². The number of hydrogen-bond donors (Lipinski definition) is 2. The number of nitrogens with zero attached hydrogens (tertiary/aromatic N) is 2. The average Bonchev–Trinajstić information content (AvgIpc) is 2.69. The van der Waals surface area contributed by atoms with E-state index in [0.29, 0.717) is 35.4 Å². The van der Waals surface area contributed by atoms with Gasteiger partial charge in [-0.15, -0.1) is 0 Å². The third-order valence-electron chi connectivity index (χ3n) is 3.74. The van der Waals surface area contributed by atoms with Gasteiger partial charge in [0, 0.05) is 32.0 Å². The Labute approximate surface area is 153 Å². The molecule has 0 saturated heterocycles. The van der Waals surface area contributed by atoms with Gasteiger partial charge in [0.2, 0.25) is 15.8 Å². The van der Waals surface area contributed by atoms with Gasteiger partial charge in [0.15, 0.2) is 0 Å². The van der Waals surface area contributed by atoms with Crippen LogP contribution in [-0.4, -0.2) is 31.5 Å². The highest BCUT2D eigenvalue weighted by atomic mass is 32.2. The van der Waals surface area contributed by atoms with Crippen molar-refractivity contribution in [1.82, 2.24) is 15.3 Å². The lowest BCUT2D eigenvalue weighted by molar-refractivity contribution is 0.595. The van der Waals surface area contributed by atoms with E-state index in [9.17, 15) is 8.42 Å². The van der Waals surface area contributed by atoms with E-state index in [4.69, 9.17) is 0 Å². The molecule has 0 aliphatic heterocycles. The molecule has 6 nitrogen and oxygen atoms in total. The van der Waals surface area contributed by atoms with Crippen LogP contribution in [0.3, 0.4) is 0 Å². The summed E-state index contributed by atoms with van der Waals surface area (Å²) in [6, 6.07) is 17.2. The molecule has 134 valence electrons. The molecule has 2 N–H and O–H groups in total. The van der Waals surface area contributed by atoms with Crippen LogP contribution in [0.2, 0.25) is 0 Å². The van der Waals surface area contributed by atoms with Crippen molar-refractivity contribution in [1.29, 1.82) is 0 Å². The van der Waals surface area contributed by atoms with E-state index in [2.05, 4.69) is 20.6 Å². The third kappa shape index (κ3) is 4.65. The topological polar surface area (TPSA) is 84.0 Å². The first-order chi connectivity index (χ1) is 12.7. The molecule has 0 aliphatic rings. The van der Waals surface area contributed by atoms with E-state index in [-0.39, 0.29) is 0 Å². The molecule has 26 heavy (non-hydrogen) atoms. The lowest BCUT2D eigenvalue weighted by Gasteiger charge is -2.09. The van der Waals surface area contributed by atoms with Gasteiger partial charge in [-0.2, -0.15) is 0 Å². The Morgan fingerprint density at radius 2 is 1.54 bits per heavy atom. The predicted molar refractivity (Wildman–Crippen MR) is 101 cm³/mol. The first-order valence-corrected chi connectivity index (χ1v) is 9.75. The largest absolute Gasteiger partial charge is 0.353 e. The van der Waals surface area contributed by atoms with Crippen molar-refractivity contribution in [2.75, 3.05) is 18.4 Å². The highest BCUT2D eigenvalue weighted by molar-refractivity contribution is 7.91. The van der Waals surface area contributed by atoms with Crippen molar-refractivity contribution in [3.8, 4) is 0 Å². The minimum atomic E-state index is -3.49. The Morgan fingerprint density at radius 1 is 0.808 bits per heavy atom. The van der Waals surface area contributed by atoms with Gasteiger partial charge in [-0.3, -0.25) is 0 Å². The van der Waals surface area contributed by atoms with Crippen LogP contribution in [0.1, 0.15) is 5.56 Å². The number of benzene rings is 2. The Hall–Kier alpha value is -2.77. The molecule has 0 unspecified atom stereocenters. The lowest BCUT2D eigenvalue weighted by atomic mass is 10.2. The van der Waals surface area contributed by atoms with Crippen molar-refractivity contribution in [3.05, 3.63) is 78.6 Å². The van der Waals surface area contributed by atoms with E-state index in [1.165, 1.54) is 0 Å². The monoisotopic (exact) mass is 368 g/mol. The summed E-state index contributed by atoms with van der Waals surface area (Å²) in [6.07, 6.45) is 3.36. The van der Waals surface area contributed by atoms with Crippen molar-refractivity contribution < 1.29 is 8.42 Å². The molecule has 3 rings (SSSR count). The van der Waals surface area contributed by atoms with Gasteiger partial charge < -0.3 is 10.6 Å². The van der Waals surface area contributed by atoms with E-state index in [0.717, 1.165) is 5.56 Å². The van der Waals surface area contributed by atoms with Crippen LogP contribution in [0.25, 0.3) is 0 Å². The number of nitrogens with one attached hydrogen (secondary N) is 2. The highest BCUT2D eigenvalue weighted by Crippen LogP contribution is 2.21. The normalized spacial score (nSPS) is 11.2. The van der Waals surface area contributed by atoms with Crippen LogP contribution in [0.5, 0.6) is 0 Å². The number of hydrogen-bond acceptors (Lipinski definition) is 6. The molecule has 7 heteroatoms. The highest BCUT2D eigenvalue weighted by Gasteiger charge is 2.17. The average molecular weight is 368 g/mol. The van der Waals surface area contributed by atoms with E-state index in [1.807, 2.05) is 6.07 Å². The molecule has 0 fully saturated rings. The maximum Gasteiger partial charge on any atom is 0.222 e. The lowest BCUT2D eigenvalue weighted by Crippen LogP contribution is -2.22. The fourth-order valence-electron chi connectivity index (χ4n) is 2.44. The fourth-order valence-corrected chi connectivity index (χ4v) is 3.80. The van der Waals surface area contributed by atoms with Gasteiger partial charge >= 0.3 is 0 Å². The summed E-state index contributed by atoms with van der Waals surface area (Å²) in [5.41, 5.74) is 0.915. The second kappa shape index (κ2) is 8.55.